The number of hydrogen-bond acceptors (Lipinski definition) is 2. The minimum absolute atomic E-state index is 0.505. The summed E-state index contributed by atoms with van der Waals surface area (Å²) in [5.74, 6) is 0. The molecule has 1 N–H and O–H groups in total. The zero-order valence-corrected chi connectivity index (χ0v) is 7.38. The molecule has 64 valence electrons. The van der Waals surface area contributed by atoms with Crippen LogP contribution in [0, 0.1) is 6.92 Å². The zero-order valence-electron chi connectivity index (χ0n) is 7.38. The molecule has 0 radical (unpaired) electrons. The Bertz CT molecular complexity index is 264. The van der Waals surface area contributed by atoms with Crippen molar-refractivity contribution in [1.29, 1.82) is 0 Å². The van der Waals surface area contributed by atoms with Crippen LogP contribution in [0.2, 0.25) is 0 Å². The minimum atomic E-state index is 0.505. The first-order valence-corrected chi connectivity index (χ1v) is 4.53. The molecule has 12 heavy (non-hydrogen) atoms. The fourth-order valence-corrected chi connectivity index (χ4v) is 1.70. The molecule has 2 heteroatoms. The Morgan fingerprint density at radius 3 is 3.08 bits per heavy atom. The van der Waals surface area contributed by atoms with Crippen molar-refractivity contribution >= 4 is 0 Å². The van der Waals surface area contributed by atoms with Crippen molar-refractivity contribution in [2.75, 3.05) is 6.54 Å². The van der Waals surface area contributed by atoms with E-state index in [1.54, 1.807) is 0 Å². The van der Waals surface area contributed by atoms with Crippen LogP contribution in [0.5, 0.6) is 0 Å². The van der Waals surface area contributed by atoms with Gasteiger partial charge in [-0.1, -0.05) is 6.07 Å². The Labute approximate surface area is 73.0 Å². The van der Waals surface area contributed by atoms with Gasteiger partial charge in [0, 0.05) is 11.7 Å². The highest BCUT2D eigenvalue weighted by Crippen LogP contribution is 2.20. The number of nitrogens with zero attached hydrogens (tertiary/aromatic N) is 1. The van der Waals surface area contributed by atoms with E-state index in [9.17, 15) is 0 Å². The van der Waals surface area contributed by atoms with Crippen LogP contribution >= 0.6 is 0 Å². The van der Waals surface area contributed by atoms with Crippen LogP contribution in [0.3, 0.4) is 0 Å². The van der Waals surface area contributed by atoms with Gasteiger partial charge in [-0.25, -0.2) is 0 Å². The first-order valence-electron chi connectivity index (χ1n) is 4.53. The van der Waals surface area contributed by atoms with Gasteiger partial charge in [0.25, 0.3) is 0 Å². The van der Waals surface area contributed by atoms with Gasteiger partial charge in [-0.05, 0) is 38.4 Å². The summed E-state index contributed by atoms with van der Waals surface area (Å²) in [5, 5.41) is 3.44. The first-order chi connectivity index (χ1) is 5.86. The van der Waals surface area contributed by atoms with E-state index in [4.69, 9.17) is 0 Å². The highest BCUT2D eigenvalue weighted by atomic mass is 15.0. The highest BCUT2D eigenvalue weighted by molar-refractivity contribution is 5.14. The van der Waals surface area contributed by atoms with Crippen LogP contribution in [0.15, 0.2) is 18.2 Å². The molecule has 2 nitrogen and oxygen atoms in total. The predicted octanol–water partition coefficient (Wildman–Crippen LogP) is 1.81. The van der Waals surface area contributed by atoms with Crippen LogP contribution in [-0.4, -0.2) is 11.5 Å². The van der Waals surface area contributed by atoms with Crippen LogP contribution in [-0.2, 0) is 0 Å². The van der Waals surface area contributed by atoms with Gasteiger partial charge in [-0.15, -0.1) is 0 Å². The molecule has 1 aromatic rings. The third-order valence-electron chi connectivity index (χ3n) is 2.33. The molecule has 2 heterocycles. The van der Waals surface area contributed by atoms with Gasteiger partial charge in [0.05, 0.1) is 5.69 Å². The first kappa shape index (κ1) is 7.74. The Morgan fingerprint density at radius 2 is 2.42 bits per heavy atom. The number of nitrogens with one attached hydrogen (secondary N) is 1. The van der Waals surface area contributed by atoms with Gasteiger partial charge in [-0.3, -0.25) is 4.98 Å². The Balaban J connectivity index is 2.21. The third kappa shape index (κ3) is 1.48. The maximum Gasteiger partial charge on any atom is 0.0576 e. The summed E-state index contributed by atoms with van der Waals surface area (Å²) in [6, 6.07) is 6.73. The fourth-order valence-electron chi connectivity index (χ4n) is 1.70. The summed E-state index contributed by atoms with van der Waals surface area (Å²) in [6.07, 6.45) is 2.51. The average molecular weight is 162 g/mol. The van der Waals surface area contributed by atoms with Gasteiger partial charge in [0.2, 0.25) is 0 Å². The van der Waals surface area contributed by atoms with Crippen molar-refractivity contribution in [3.8, 4) is 0 Å². The van der Waals surface area contributed by atoms with Crippen molar-refractivity contribution in [1.82, 2.24) is 10.3 Å². The monoisotopic (exact) mass is 162 g/mol. The average Bonchev–Trinajstić information content (AvgIpc) is 2.56. The molecular weight excluding hydrogens is 148 g/mol. The molecule has 0 spiro atoms. The maximum atomic E-state index is 4.49. The molecule has 0 saturated carbocycles. The van der Waals surface area contributed by atoms with E-state index >= 15 is 0 Å². The maximum absolute atomic E-state index is 4.49. The van der Waals surface area contributed by atoms with E-state index in [2.05, 4.69) is 22.4 Å². The molecule has 1 fully saturated rings. The van der Waals surface area contributed by atoms with Crippen LogP contribution < -0.4 is 5.32 Å². The quantitative estimate of drug-likeness (QED) is 0.681. The third-order valence-corrected chi connectivity index (χ3v) is 2.33. The van der Waals surface area contributed by atoms with Crippen LogP contribution in [0.25, 0.3) is 0 Å². The predicted molar refractivity (Wildman–Crippen MR) is 49.0 cm³/mol. The van der Waals surface area contributed by atoms with Crippen molar-refractivity contribution in [3.05, 3.63) is 29.6 Å². The molecule has 0 bridgehead atoms. The van der Waals surface area contributed by atoms with Crippen molar-refractivity contribution in [2.24, 2.45) is 0 Å². The standard InChI is InChI=1S/C10H14N2/c1-8-4-2-5-10(12-8)9-6-3-7-11-9/h2,4-5,9,11H,3,6-7H2,1H3. The lowest BCUT2D eigenvalue weighted by molar-refractivity contribution is 0.626. The van der Waals surface area contributed by atoms with E-state index in [0.717, 1.165) is 12.2 Å². The van der Waals surface area contributed by atoms with E-state index in [0.29, 0.717) is 6.04 Å². The molecular formula is C10H14N2. The molecule has 1 unspecified atom stereocenters. The summed E-state index contributed by atoms with van der Waals surface area (Å²) >= 11 is 0. The lowest BCUT2D eigenvalue weighted by Gasteiger charge is -2.09. The largest absolute Gasteiger partial charge is 0.309 e. The molecule has 1 aromatic heterocycles. The fraction of sp³-hybridized carbons (Fsp3) is 0.500. The molecule has 0 aliphatic carbocycles. The number of aromatic nitrogens is 1. The summed E-state index contributed by atoms with van der Waals surface area (Å²) in [4.78, 5) is 4.49. The van der Waals surface area contributed by atoms with E-state index in [1.807, 2.05) is 13.0 Å². The number of pyridine rings is 1. The van der Waals surface area contributed by atoms with Crippen molar-refractivity contribution in [2.45, 2.75) is 25.8 Å². The second-order valence-corrected chi connectivity index (χ2v) is 3.35. The Morgan fingerprint density at radius 1 is 1.50 bits per heavy atom. The van der Waals surface area contributed by atoms with E-state index in [-0.39, 0.29) is 0 Å². The van der Waals surface area contributed by atoms with Gasteiger partial charge in [0.15, 0.2) is 0 Å². The zero-order chi connectivity index (χ0) is 8.39. The Hall–Kier alpha value is -0.890. The normalized spacial score (nSPS) is 22.9. The second kappa shape index (κ2) is 3.23. The second-order valence-electron chi connectivity index (χ2n) is 3.35. The highest BCUT2D eigenvalue weighted by Gasteiger charge is 2.16. The van der Waals surface area contributed by atoms with Gasteiger partial charge < -0.3 is 5.32 Å². The Kier molecular flexibility index (Phi) is 2.09. The molecule has 0 aromatic carbocycles. The lowest BCUT2D eigenvalue weighted by atomic mass is 10.1. The number of rotatable bonds is 1. The summed E-state index contributed by atoms with van der Waals surface area (Å²) in [6.45, 7) is 3.18. The summed E-state index contributed by atoms with van der Waals surface area (Å²) in [7, 11) is 0. The number of hydrogen-bond donors (Lipinski definition) is 1. The van der Waals surface area contributed by atoms with E-state index in [1.165, 1.54) is 18.5 Å². The smallest absolute Gasteiger partial charge is 0.0576 e. The SMILES string of the molecule is Cc1cccc(C2CCCN2)n1. The molecule has 0 amide bonds. The molecule has 1 saturated heterocycles. The van der Waals surface area contributed by atoms with Gasteiger partial charge >= 0.3 is 0 Å². The number of aryl methyl sites for hydroxylation is 1. The van der Waals surface area contributed by atoms with Crippen molar-refractivity contribution in [3.63, 3.8) is 0 Å². The van der Waals surface area contributed by atoms with E-state index < -0.39 is 0 Å². The molecule has 1 aliphatic heterocycles. The molecule has 1 aliphatic rings. The van der Waals surface area contributed by atoms with Gasteiger partial charge in [-0.2, -0.15) is 0 Å². The van der Waals surface area contributed by atoms with Crippen LogP contribution in [0.4, 0.5) is 0 Å². The molecule has 1 atom stereocenters. The summed E-state index contributed by atoms with van der Waals surface area (Å²) < 4.78 is 0. The topological polar surface area (TPSA) is 24.9 Å². The summed E-state index contributed by atoms with van der Waals surface area (Å²) in [5.41, 5.74) is 2.31. The van der Waals surface area contributed by atoms with Gasteiger partial charge in [0.1, 0.15) is 0 Å². The minimum Gasteiger partial charge on any atom is -0.309 e. The van der Waals surface area contributed by atoms with Crippen molar-refractivity contribution < 1.29 is 0 Å². The molecule has 2 rings (SSSR count). The lowest BCUT2D eigenvalue weighted by Crippen LogP contribution is -2.14. The van der Waals surface area contributed by atoms with Crippen LogP contribution in [0.1, 0.15) is 30.3 Å².